The van der Waals surface area contributed by atoms with E-state index < -0.39 is 0 Å². The Labute approximate surface area is 135 Å². The van der Waals surface area contributed by atoms with Gasteiger partial charge in [0.25, 0.3) is 0 Å². The third-order valence-corrected chi connectivity index (χ3v) is 4.36. The van der Waals surface area contributed by atoms with Crippen LogP contribution in [-0.2, 0) is 11.8 Å². The summed E-state index contributed by atoms with van der Waals surface area (Å²) in [5, 5.41) is 14.2. The van der Waals surface area contributed by atoms with Gasteiger partial charge < -0.3 is 5.32 Å². The van der Waals surface area contributed by atoms with E-state index >= 15 is 0 Å². The number of aryl methyl sites for hydroxylation is 2. The highest BCUT2D eigenvalue weighted by Crippen LogP contribution is 2.24. The Morgan fingerprint density at radius 1 is 1.48 bits per heavy atom. The summed E-state index contributed by atoms with van der Waals surface area (Å²) in [5.41, 5.74) is 1.72. The van der Waals surface area contributed by atoms with Gasteiger partial charge in [-0.15, -0.1) is 0 Å². The van der Waals surface area contributed by atoms with Crippen molar-refractivity contribution in [3.8, 4) is 0 Å². The largest absolute Gasteiger partial charge is 0.322 e. The molecule has 1 fully saturated rings. The SMILES string of the molecule is Cc1nc(C2CCCN(CC(=O)Nc3cnn(C)c3C)C2)n[nH]1. The number of likely N-dealkylation sites (tertiary alicyclic amines) is 1. The Morgan fingerprint density at radius 3 is 2.96 bits per heavy atom. The lowest BCUT2D eigenvalue weighted by molar-refractivity contribution is -0.117. The molecule has 3 heterocycles. The fourth-order valence-corrected chi connectivity index (χ4v) is 2.97. The summed E-state index contributed by atoms with van der Waals surface area (Å²) in [6.07, 6.45) is 3.80. The number of hydrogen-bond acceptors (Lipinski definition) is 5. The fraction of sp³-hybridized carbons (Fsp3) is 0.600. The molecule has 2 N–H and O–H groups in total. The van der Waals surface area contributed by atoms with Gasteiger partial charge in [-0.1, -0.05) is 0 Å². The normalized spacial score (nSPS) is 19.0. The van der Waals surface area contributed by atoms with Gasteiger partial charge in [0.1, 0.15) is 5.82 Å². The number of piperidine rings is 1. The van der Waals surface area contributed by atoms with E-state index in [0.29, 0.717) is 12.5 Å². The molecule has 1 unspecified atom stereocenters. The molecule has 0 aromatic carbocycles. The maximum atomic E-state index is 12.3. The smallest absolute Gasteiger partial charge is 0.238 e. The topological polar surface area (TPSA) is 91.7 Å². The average Bonchev–Trinajstić information content (AvgIpc) is 3.09. The summed E-state index contributed by atoms with van der Waals surface area (Å²) in [5.74, 6) is 1.98. The second-order valence-corrected chi connectivity index (χ2v) is 6.17. The van der Waals surface area contributed by atoms with Gasteiger partial charge in [-0.25, -0.2) is 4.98 Å². The molecule has 8 heteroatoms. The third-order valence-electron chi connectivity index (χ3n) is 4.36. The first-order valence-electron chi connectivity index (χ1n) is 7.92. The molecule has 1 amide bonds. The predicted molar refractivity (Wildman–Crippen MR) is 86.1 cm³/mol. The highest BCUT2D eigenvalue weighted by Gasteiger charge is 2.25. The van der Waals surface area contributed by atoms with Crippen molar-refractivity contribution < 1.29 is 4.79 Å². The summed E-state index contributed by atoms with van der Waals surface area (Å²) in [6, 6.07) is 0. The van der Waals surface area contributed by atoms with Crippen LogP contribution in [0.4, 0.5) is 5.69 Å². The van der Waals surface area contributed by atoms with E-state index in [4.69, 9.17) is 0 Å². The molecule has 0 saturated carbocycles. The van der Waals surface area contributed by atoms with E-state index in [-0.39, 0.29) is 5.91 Å². The van der Waals surface area contributed by atoms with Crippen LogP contribution in [0.15, 0.2) is 6.20 Å². The molecular formula is C15H23N7O. The lowest BCUT2D eigenvalue weighted by Gasteiger charge is -2.30. The maximum Gasteiger partial charge on any atom is 0.238 e. The number of amides is 1. The molecular weight excluding hydrogens is 294 g/mol. The van der Waals surface area contributed by atoms with Gasteiger partial charge in [0.2, 0.25) is 5.91 Å². The molecule has 1 aliphatic heterocycles. The first-order valence-corrected chi connectivity index (χ1v) is 7.92. The number of nitrogens with zero attached hydrogens (tertiary/aromatic N) is 5. The van der Waals surface area contributed by atoms with Crippen molar-refractivity contribution in [3.63, 3.8) is 0 Å². The first kappa shape index (κ1) is 15.7. The predicted octanol–water partition coefficient (Wildman–Crippen LogP) is 0.973. The molecule has 8 nitrogen and oxygen atoms in total. The van der Waals surface area contributed by atoms with E-state index in [1.165, 1.54) is 0 Å². The number of carbonyl (C=O) groups excluding carboxylic acids is 1. The van der Waals surface area contributed by atoms with E-state index in [1.54, 1.807) is 10.9 Å². The van der Waals surface area contributed by atoms with Crippen molar-refractivity contribution in [2.24, 2.45) is 7.05 Å². The summed E-state index contributed by atoms with van der Waals surface area (Å²) >= 11 is 0. The van der Waals surface area contributed by atoms with Gasteiger partial charge in [0.05, 0.1) is 24.1 Å². The van der Waals surface area contributed by atoms with E-state index in [2.05, 4.69) is 30.5 Å². The number of aromatic amines is 1. The highest BCUT2D eigenvalue weighted by atomic mass is 16.2. The zero-order chi connectivity index (χ0) is 16.4. The number of hydrogen-bond donors (Lipinski definition) is 2. The van der Waals surface area contributed by atoms with Crippen LogP contribution in [-0.4, -0.2) is 55.4 Å². The zero-order valence-electron chi connectivity index (χ0n) is 13.8. The maximum absolute atomic E-state index is 12.3. The number of rotatable bonds is 4. The Balaban J connectivity index is 1.57. The van der Waals surface area contributed by atoms with Crippen molar-refractivity contribution in [1.29, 1.82) is 0 Å². The fourth-order valence-electron chi connectivity index (χ4n) is 2.97. The quantitative estimate of drug-likeness (QED) is 0.877. The lowest BCUT2D eigenvalue weighted by atomic mass is 9.97. The number of H-pyrrole nitrogens is 1. The van der Waals surface area contributed by atoms with Crippen LogP contribution < -0.4 is 5.32 Å². The molecule has 0 aliphatic carbocycles. The molecule has 1 aliphatic rings. The van der Waals surface area contributed by atoms with Gasteiger partial charge in [0.15, 0.2) is 5.82 Å². The van der Waals surface area contributed by atoms with Crippen molar-refractivity contribution in [1.82, 2.24) is 29.9 Å². The zero-order valence-corrected chi connectivity index (χ0v) is 13.8. The first-order chi connectivity index (χ1) is 11.0. The molecule has 124 valence electrons. The summed E-state index contributed by atoms with van der Waals surface area (Å²) < 4.78 is 1.75. The number of carbonyl (C=O) groups is 1. The van der Waals surface area contributed by atoms with E-state index in [0.717, 1.165) is 49.0 Å². The number of aromatic nitrogens is 5. The second-order valence-electron chi connectivity index (χ2n) is 6.17. The summed E-state index contributed by atoms with van der Waals surface area (Å²) in [7, 11) is 1.86. The molecule has 0 bridgehead atoms. The Morgan fingerprint density at radius 2 is 2.30 bits per heavy atom. The Kier molecular flexibility index (Phi) is 4.42. The van der Waals surface area contributed by atoms with Crippen molar-refractivity contribution in [3.05, 3.63) is 23.5 Å². The van der Waals surface area contributed by atoms with Gasteiger partial charge in [0, 0.05) is 19.5 Å². The van der Waals surface area contributed by atoms with Crippen LogP contribution in [0.5, 0.6) is 0 Å². The van der Waals surface area contributed by atoms with Crippen molar-refractivity contribution in [2.75, 3.05) is 25.0 Å². The Hall–Kier alpha value is -2.22. The van der Waals surface area contributed by atoms with E-state index in [1.807, 2.05) is 20.9 Å². The van der Waals surface area contributed by atoms with Crippen LogP contribution in [0.1, 0.15) is 36.1 Å². The molecule has 3 rings (SSSR count). The third kappa shape index (κ3) is 3.58. The van der Waals surface area contributed by atoms with Crippen LogP contribution in [0.25, 0.3) is 0 Å². The summed E-state index contributed by atoms with van der Waals surface area (Å²) in [6.45, 7) is 5.97. The highest BCUT2D eigenvalue weighted by molar-refractivity contribution is 5.92. The van der Waals surface area contributed by atoms with Gasteiger partial charge in [-0.05, 0) is 33.2 Å². The summed E-state index contributed by atoms with van der Waals surface area (Å²) in [4.78, 5) is 18.9. The number of nitrogens with one attached hydrogen (secondary N) is 2. The molecule has 23 heavy (non-hydrogen) atoms. The monoisotopic (exact) mass is 317 g/mol. The molecule has 2 aromatic heterocycles. The van der Waals surface area contributed by atoms with E-state index in [9.17, 15) is 4.79 Å². The van der Waals surface area contributed by atoms with Crippen LogP contribution >= 0.6 is 0 Å². The minimum Gasteiger partial charge on any atom is -0.322 e. The van der Waals surface area contributed by atoms with Crippen LogP contribution in [0.2, 0.25) is 0 Å². The second kappa shape index (κ2) is 6.49. The minimum atomic E-state index is -0.00656. The van der Waals surface area contributed by atoms with Crippen molar-refractivity contribution in [2.45, 2.75) is 32.6 Å². The standard InChI is InChI=1S/C15H23N7O/c1-10-13(7-16-21(10)3)18-14(23)9-22-6-4-5-12(8-22)15-17-11(2)19-20-15/h7,12H,4-6,8-9H2,1-3H3,(H,18,23)(H,17,19,20). The molecule has 0 radical (unpaired) electrons. The number of anilines is 1. The molecule has 1 atom stereocenters. The molecule has 2 aromatic rings. The molecule has 1 saturated heterocycles. The average molecular weight is 317 g/mol. The van der Waals surface area contributed by atoms with Crippen LogP contribution in [0.3, 0.4) is 0 Å². The van der Waals surface area contributed by atoms with Gasteiger partial charge in [-0.2, -0.15) is 10.2 Å². The Bertz CT molecular complexity index is 690. The van der Waals surface area contributed by atoms with Crippen molar-refractivity contribution >= 4 is 11.6 Å². The molecule has 0 spiro atoms. The minimum absolute atomic E-state index is 0.00656. The van der Waals surface area contributed by atoms with Gasteiger partial charge >= 0.3 is 0 Å². The van der Waals surface area contributed by atoms with Crippen LogP contribution in [0, 0.1) is 13.8 Å². The van der Waals surface area contributed by atoms with Gasteiger partial charge in [-0.3, -0.25) is 19.5 Å². The lowest BCUT2D eigenvalue weighted by Crippen LogP contribution is -2.40.